The summed E-state index contributed by atoms with van der Waals surface area (Å²) in [5, 5.41) is 11.4. The highest BCUT2D eigenvalue weighted by Gasteiger charge is 2.29. The molecule has 5 heteroatoms. The van der Waals surface area contributed by atoms with Crippen molar-refractivity contribution in [1.29, 1.82) is 0 Å². The zero-order valence-corrected chi connectivity index (χ0v) is 13.4. The van der Waals surface area contributed by atoms with Gasteiger partial charge in [0.25, 0.3) is 0 Å². The summed E-state index contributed by atoms with van der Waals surface area (Å²) in [7, 11) is 0. The summed E-state index contributed by atoms with van der Waals surface area (Å²) in [6.45, 7) is 0. The van der Waals surface area contributed by atoms with Crippen LogP contribution in [-0.4, -0.2) is 5.11 Å². The standard InChI is InChI=1S/C15H11BrCl2O2/c16-8-1-4-14-11(5-8)13(19)7-15(20-14)10-3-2-9(17)6-12(10)18/h1-6,13,15,19H,7H2/t13-,15?/m0/s1. The van der Waals surface area contributed by atoms with Crippen LogP contribution < -0.4 is 4.74 Å². The van der Waals surface area contributed by atoms with Crippen molar-refractivity contribution in [3.8, 4) is 5.75 Å². The molecule has 0 spiro atoms. The zero-order chi connectivity index (χ0) is 14.3. The van der Waals surface area contributed by atoms with E-state index in [4.69, 9.17) is 27.9 Å². The van der Waals surface area contributed by atoms with Crippen molar-refractivity contribution in [1.82, 2.24) is 0 Å². The molecule has 20 heavy (non-hydrogen) atoms. The lowest BCUT2D eigenvalue weighted by molar-refractivity contribution is 0.0657. The molecule has 1 N–H and O–H groups in total. The molecule has 0 amide bonds. The Morgan fingerprint density at radius 1 is 1.10 bits per heavy atom. The predicted octanol–water partition coefficient (Wildman–Crippen LogP) is 5.31. The van der Waals surface area contributed by atoms with Gasteiger partial charge >= 0.3 is 0 Å². The summed E-state index contributed by atoms with van der Waals surface area (Å²) in [6, 6.07) is 10.9. The van der Waals surface area contributed by atoms with Gasteiger partial charge in [-0.05, 0) is 30.3 Å². The first kappa shape index (κ1) is 14.2. The van der Waals surface area contributed by atoms with Crippen LogP contribution in [0.3, 0.4) is 0 Å². The zero-order valence-electron chi connectivity index (χ0n) is 10.3. The fourth-order valence-corrected chi connectivity index (χ4v) is 3.28. The van der Waals surface area contributed by atoms with Crippen molar-refractivity contribution in [2.75, 3.05) is 0 Å². The molecule has 2 aromatic rings. The Morgan fingerprint density at radius 3 is 2.65 bits per heavy atom. The minimum Gasteiger partial charge on any atom is -0.485 e. The predicted molar refractivity (Wildman–Crippen MR) is 83.5 cm³/mol. The third kappa shape index (κ3) is 2.68. The van der Waals surface area contributed by atoms with E-state index in [1.54, 1.807) is 12.1 Å². The minimum absolute atomic E-state index is 0.275. The van der Waals surface area contributed by atoms with Gasteiger partial charge in [-0.3, -0.25) is 0 Å². The number of hydrogen-bond acceptors (Lipinski definition) is 2. The Labute approximate surface area is 135 Å². The molecular formula is C15H11BrCl2O2. The molecule has 0 aromatic heterocycles. The number of aliphatic hydroxyl groups is 1. The van der Waals surface area contributed by atoms with E-state index in [2.05, 4.69) is 15.9 Å². The van der Waals surface area contributed by atoms with E-state index in [0.29, 0.717) is 22.2 Å². The second-order valence-electron chi connectivity index (χ2n) is 4.71. The fourth-order valence-electron chi connectivity index (χ4n) is 2.37. The van der Waals surface area contributed by atoms with E-state index in [9.17, 15) is 5.11 Å². The SMILES string of the molecule is O[C@H]1CC(c2ccc(Cl)cc2Cl)Oc2ccc(Br)cc21. The van der Waals surface area contributed by atoms with Gasteiger partial charge in [-0.2, -0.15) is 0 Å². The van der Waals surface area contributed by atoms with Gasteiger partial charge in [-0.15, -0.1) is 0 Å². The van der Waals surface area contributed by atoms with Crippen molar-refractivity contribution < 1.29 is 9.84 Å². The summed E-state index contributed by atoms with van der Waals surface area (Å²) < 4.78 is 6.87. The number of rotatable bonds is 1. The molecule has 1 aliphatic rings. The highest BCUT2D eigenvalue weighted by Crippen LogP contribution is 2.43. The monoisotopic (exact) mass is 372 g/mol. The van der Waals surface area contributed by atoms with Crippen molar-refractivity contribution in [2.24, 2.45) is 0 Å². The molecule has 0 radical (unpaired) electrons. The molecule has 2 aromatic carbocycles. The summed E-state index contributed by atoms with van der Waals surface area (Å²) in [6.07, 6.45) is -0.387. The van der Waals surface area contributed by atoms with Gasteiger partial charge in [0.05, 0.1) is 6.10 Å². The van der Waals surface area contributed by atoms with Crippen LogP contribution >= 0.6 is 39.1 Å². The lowest BCUT2D eigenvalue weighted by Crippen LogP contribution is -2.19. The van der Waals surface area contributed by atoms with Crippen molar-refractivity contribution in [3.63, 3.8) is 0 Å². The molecule has 0 bridgehead atoms. The molecule has 1 heterocycles. The van der Waals surface area contributed by atoms with Crippen LogP contribution in [0.4, 0.5) is 0 Å². The van der Waals surface area contributed by atoms with E-state index >= 15 is 0 Å². The van der Waals surface area contributed by atoms with Crippen LogP contribution in [-0.2, 0) is 0 Å². The summed E-state index contributed by atoms with van der Waals surface area (Å²) >= 11 is 15.5. The van der Waals surface area contributed by atoms with Gasteiger partial charge < -0.3 is 9.84 Å². The maximum Gasteiger partial charge on any atom is 0.128 e. The van der Waals surface area contributed by atoms with Crippen molar-refractivity contribution in [3.05, 3.63) is 62.0 Å². The van der Waals surface area contributed by atoms with E-state index in [-0.39, 0.29) is 6.10 Å². The van der Waals surface area contributed by atoms with Gasteiger partial charge in [0.15, 0.2) is 0 Å². The molecule has 0 saturated carbocycles. The number of benzene rings is 2. The minimum atomic E-state index is -0.576. The van der Waals surface area contributed by atoms with E-state index in [1.807, 2.05) is 24.3 Å². The molecule has 1 aliphatic heterocycles. The highest BCUT2D eigenvalue weighted by atomic mass is 79.9. The largest absolute Gasteiger partial charge is 0.485 e. The van der Waals surface area contributed by atoms with Gasteiger partial charge in [0.2, 0.25) is 0 Å². The smallest absolute Gasteiger partial charge is 0.128 e. The molecule has 2 nitrogen and oxygen atoms in total. The molecule has 2 atom stereocenters. The summed E-state index contributed by atoms with van der Waals surface area (Å²) in [4.78, 5) is 0. The van der Waals surface area contributed by atoms with Crippen LogP contribution in [0.2, 0.25) is 10.0 Å². The number of hydrogen-bond donors (Lipinski definition) is 1. The maximum atomic E-state index is 10.3. The van der Waals surface area contributed by atoms with Gasteiger partial charge in [0, 0.05) is 32.1 Å². The normalized spacial score (nSPS) is 21.2. The molecular weight excluding hydrogens is 363 g/mol. The fraction of sp³-hybridized carbons (Fsp3) is 0.200. The average Bonchev–Trinajstić information content (AvgIpc) is 2.39. The second kappa shape index (κ2) is 5.57. The molecule has 104 valence electrons. The Bertz CT molecular complexity index is 660. The topological polar surface area (TPSA) is 29.5 Å². The Balaban J connectivity index is 1.97. The molecule has 0 fully saturated rings. The second-order valence-corrected chi connectivity index (χ2v) is 6.47. The summed E-state index contributed by atoms with van der Waals surface area (Å²) in [5.74, 6) is 0.683. The Hall–Kier alpha value is -0.740. The van der Waals surface area contributed by atoms with E-state index in [0.717, 1.165) is 15.6 Å². The van der Waals surface area contributed by atoms with Crippen LogP contribution in [0, 0.1) is 0 Å². The molecule has 0 aliphatic carbocycles. The van der Waals surface area contributed by atoms with Crippen molar-refractivity contribution in [2.45, 2.75) is 18.6 Å². The first-order chi connectivity index (χ1) is 9.54. The third-order valence-corrected chi connectivity index (χ3v) is 4.40. The van der Waals surface area contributed by atoms with Gasteiger partial charge in [-0.1, -0.05) is 45.2 Å². The number of aliphatic hydroxyl groups excluding tert-OH is 1. The number of fused-ring (bicyclic) bond motifs is 1. The van der Waals surface area contributed by atoms with Gasteiger partial charge in [0.1, 0.15) is 11.9 Å². The van der Waals surface area contributed by atoms with Crippen molar-refractivity contribution >= 4 is 39.1 Å². The lowest BCUT2D eigenvalue weighted by atomic mass is 9.95. The average molecular weight is 374 g/mol. The quantitative estimate of drug-likeness (QED) is 0.733. The number of halogens is 3. The van der Waals surface area contributed by atoms with Crippen LogP contribution in [0.25, 0.3) is 0 Å². The molecule has 0 saturated heterocycles. The highest BCUT2D eigenvalue weighted by molar-refractivity contribution is 9.10. The third-order valence-electron chi connectivity index (χ3n) is 3.35. The lowest BCUT2D eigenvalue weighted by Gasteiger charge is -2.30. The van der Waals surface area contributed by atoms with Crippen LogP contribution in [0.5, 0.6) is 5.75 Å². The number of ether oxygens (including phenoxy) is 1. The summed E-state index contributed by atoms with van der Waals surface area (Å²) in [5.41, 5.74) is 1.63. The van der Waals surface area contributed by atoms with E-state index < -0.39 is 6.10 Å². The maximum absolute atomic E-state index is 10.3. The molecule has 1 unspecified atom stereocenters. The first-order valence-electron chi connectivity index (χ1n) is 6.13. The Kier molecular flexibility index (Phi) is 3.95. The Morgan fingerprint density at radius 2 is 1.90 bits per heavy atom. The van der Waals surface area contributed by atoms with Crippen LogP contribution in [0.15, 0.2) is 40.9 Å². The first-order valence-corrected chi connectivity index (χ1v) is 7.68. The molecule has 3 rings (SSSR count). The van der Waals surface area contributed by atoms with E-state index in [1.165, 1.54) is 0 Å². The van der Waals surface area contributed by atoms with Gasteiger partial charge in [-0.25, -0.2) is 0 Å². The van der Waals surface area contributed by atoms with Crippen LogP contribution in [0.1, 0.15) is 29.8 Å².